The molecule has 0 bridgehead atoms. The number of nitrogens with zero attached hydrogens (tertiary/aromatic N) is 2. The highest BCUT2D eigenvalue weighted by Gasteiger charge is 2.12. The summed E-state index contributed by atoms with van der Waals surface area (Å²) < 4.78 is 29.8. The molecule has 106 valence electrons. The number of halogens is 3. The summed E-state index contributed by atoms with van der Waals surface area (Å²) in [5.41, 5.74) is 0.719. The van der Waals surface area contributed by atoms with Crippen LogP contribution >= 0.6 is 11.6 Å². The van der Waals surface area contributed by atoms with E-state index in [9.17, 15) is 13.6 Å². The molecular weight excluding hydrogens is 292 g/mol. The van der Waals surface area contributed by atoms with E-state index in [1.54, 1.807) is 13.1 Å². The molecule has 0 aliphatic rings. The van der Waals surface area contributed by atoms with Gasteiger partial charge in [-0.3, -0.25) is 9.48 Å². The summed E-state index contributed by atoms with van der Waals surface area (Å²) in [6, 6.07) is 5.55. The fourth-order valence-corrected chi connectivity index (χ4v) is 1.79. The quantitative estimate of drug-likeness (QED) is 0.944. The van der Waals surface area contributed by atoms with Gasteiger partial charge in [0.15, 0.2) is 0 Å². The van der Waals surface area contributed by atoms with E-state index >= 15 is 0 Å². The number of rotatable bonds is 4. The Labute approximate surface area is 118 Å². The lowest BCUT2D eigenvalue weighted by Gasteiger charge is -2.09. The molecule has 0 radical (unpaired) electrons. The lowest BCUT2D eigenvalue weighted by Crippen LogP contribution is -2.16. The van der Waals surface area contributed by atoms with Crippen molar-refractivity contribution in [1.82, 2.24) is 9.78 Å². The van der Waals surface area contributed by atoms with Crippen molar-refractivity contribution in [2.45, 2.75) is 6.61 Å². The van der Waals surface area contributed by atoms with Crippen LogP contribution in [0.3, 0.4) is 0 Å². The molecule has 0 saturated heterocycles. The molecule has 0 aliphatic carbocycles. The van der Waals surface area contributed by atoms with Crippen LogP contribution < -0.4 is 10.1 Å². The van der Waals surface area contributed by atoms with Gasteiger partial charge >= 0.3 is 6.61 Å². The van der Waals surface area contributed by atoms with Crippen molar-refractivity contribution in [1.29, 1.82) is 0 Å². The number of aromatic nitrogens is 2. The predicted octanol–water partition coefficient (Wildman–Crippen LogP) is 2.93. The second kappa shape index (κ2) is 5.87. The Hall–Kier alpha value is -2.15. The number of ether oxygens (including phenoxy) is 1. The third-order valence-corrected chi connectivity index (χ3v) is 2.75. The predicted molar refractivity (Wildman–Crippen MR) is 69.2 cm³/mol. The largest absolute Gasteiger partial charge is 0.433 e. The summed E-state index contributed by atoms with van der Waals surface area (Å²) in [6.45, 7) is -2.96. The minimum atomic E-state index is -2.96. The molecular formula is C12H10ClF2N3O2. The van der Waals surface area contributed by atoms with Crippen molar-refractivity contribution in [3.63, 3.8) is 0 Å². The van der Waals surface area contributed by atoms with Gasteiger partial charge in [0.2, 0.25) is 0 Å². The van der Waals surface area contributed by atoms with Crippen molar-refractivity contribution >= 4 is 23.2 Å². The number of carbonyl (C=O) groups excluding carboxylic acids is 1. The third-order valence-electron chi connectivity index (χ3n) is 2.46. The van der Waals surface area contributed by atoms with Crippen molar-refractivity contribution in [3.8, 4) is 5.75 Å². The molecule has 5 nitrogen and oxygen atoms in total. The molecule has 0 aliphatic heterocycles. The highest BCUT2D eigenvalue weighted by molar-refractivity contribution is 6.32. The second-order valence-electron chi connectivity index (χ2n) is 3.82. The molecule has 1 heterocycles. The van der Waals surface area contributed by atoms with Crippen LogP contribution in [0.2, 0.25) is 5.02 Å². The van der Waals surface area contributed by atoms with Gasteiger partial charge in [-0.2, -0.15) is 13.9 Å². The van der Waals surface area contributed by atoms with E-state index in [0.717, 1.165) is 0 Å². The first-order chi connectivity index (χ1) is 9.47. The first kappa shape index (κ1) is 14.3. The lowest BCUT2D eigenvalue weighted by molar-refractivity contribution is -0.0497. The molecule has 0 atom stereocenters. The third kappa shape index (κ3) is 3.24. The van der Waals surface area contributed by atoms with E-state index in [-0.39, 0.29) is 16.7 Å². The molecule has 0 saturated carbocycles. The first-order valence-corrected chi connectivity index (χ1v) is 5.89. The molecule has 0 fully saturated rings. The van der Waals surface area contributed by atoms with Crippen molar-refractivity contribution in [2.75, 3.05) is 5.32 Å². The molecule has 2 aromatic rings. The molecule has 1 amide bonds. The molecule has 1 aromatic heterocycles. The van der Waals surface area contributed by atoms with E-state index < -0.39 is 6.61 Å². The molecule has 8 heteroatoms. The number of aryl methyl sites for hydroxylation is 1. The van der Waals surface area contributed by atoms with Crippen LogP contribution in [0.4, 0.5) is 14.5 Å². The number of alkyl halides is 2. The Balaban J connectivity index is 2.13. The summed E-state index contributed by atoms with van der Waals surface area (Å²) in [6.07, 6.45) is 1.49. The van der Waals surface area contributed by atoms with Gasteiger partial charge < -0.3 is 10.1 Å². The first-order valence-electron chi connectivity index (χ1n) is 5.51. The van der Waals surface area contributed by atoms with Crippen LogP contribution in [0.15, 0.2) is 30.5 Å². The smallest absolute Gasteiger partial charge is 0.387 e. The van der Waals surface area contributed by atoms with E-state index in [0.29, 0.717) is 11.4 Å². The van der Waals surface area contributed by atoms with Crippen molar-refractivity contribution in [3.05, 3.63) is 41.2 Å². The maximum absolute atomic E-state index is 12.1. The summed E-state index contributed by atoms with van der Waals surface area (Å²) in [7, 11) is 1.63. The number of amides is 1. The highest BCUT2D eigenvalue weighted by Crippen LogP contribution is 2.29. The van der Waals surface area contributed by atoms with E-state index in [4.69, 9.17) is 11.6 Å². The molecule has 2 rings (SSSR count). The van der Waals surface area contributed by atoms with Gasteiger partial charge in [0, 0.05) is 18.9 Å². The molecule has 0 spiro atoms. The fraction of sp³-hybridized carbons (Fsp3) is 0.167. The van der Waals surface area contributed by atoms with Crippen LogP contribution in [-0.2, 0) is 7.05 Å². The number of carbonyl (C=O) groups is 1. The lowest BCUT2D eigenvalue weighted by atomic mass is 10.3. The molecule has 1 N–H and O–H groups in total. The number of hydrogen-bond donors (Lipinski definition) is 1. The van der Waals surface area contributed by atoms with Crippen LogP contribution in [0.5, 0.6) is 5.75 Å². The van der Waals surface area contributed by atoms with E-state index in [2.05, 4.69) is 15.2 Å². The van der Waals surface area contributed by atoms with Gasteiger partial charge in [0.1, 0.15) is 11.4 Å². The maximum atomic E-state index is 12.1. The number of anilines is 1. The van der Waals surface area contributed by atoms with Crippen LogP contribution in [0, 0.1) is 0 Å². The van der Waals surface area contributed by atoms with Crippen molar-refractivity contribution < 1.29 is 18.3 Å². The molecule has 0 unspecified atom stereocenters. The van der Waals surface area contributed by atoms with Gasteiger partial charge in [0.25, 0.3) is 5.91 Å². The Kier molecular flexibility index (Phi) is 4.19. The van der Waals surface area contributed by atoms with Crippen LogP contribution in [-0.4, -0.2) is 22.3 Å². The zero-order chi connectivity index (χ0) is 14.7. The minimum absolute atomic E-state index is 0.0203. The number of benzene rings is 1. The monoisotopic (exact) mass is 301 g/mol. The van der Waals surface area contributed by atoms with Gasteiger partial charge in [-0.15, -0.1) is 0 Å². The van der Waals surface area contributed by atoms with Crippen LogP contribution in [0.25, 0.3) is 0 Å². The van der Waals surface area contributed by atoms with E-state index in [1.807, 2.05) is 0 Å². The van der Waals surface area contributed by atoms with Gasteiger partial charge in [-0.25, -0.2) is 0 Å². The molecule has 1 aromatic carbocycles. The fourth-order valence-electron chi connectivity index (χ4n) is 1.56. The Bertz CT molecular complexity index is 631. The summed E-state index contributed by atoms with van der Waals surface area (Å²) in [4.78, 5) is 11.9. The Morgan fingerprint density at radius 3 is 2.75 bits per heavy atom. The summed E-state index contributed by atoms with van der Waals surface area (Å²) >= 11 is 5.79. The summed E-state index contributed by atoms with van der Waals surface area (Å²) in [5.74, 6) is -0.538. The van der Waals surface area contributed by atoms with Gasteiger partial charge in [-0.05, 0) is 24.3 Å². The summed E-state index contributed by atoms with van der Waals surface area (Å²) in [5, 5.41) is 6.43. The average Bonchev–Trinajstić information content (AvgIpc) is 2.78. The van der Waals surface area contributed by atoms with Crippen molar-refractivity contribution in [2.24, 2.45) is 7.05 Å². The Morgan fingerprint density at radius 1 is 1.45 bits per heavy atom. The number of nitrogens with one attached hydrogen (secondary N) is 1. The van der Waals surface area contributed by atoms with Gasteiger partial charge in [0.05, 0.1) is 5.02 Å². The van der Waals surface area contributed by atoms with E-state index in [1.165, 1.54) is 29.1 Å². The average molecular weight is 302 g/mol. The second-order valence-corrected chi connectivity index (χ2v) is 4.23. The number of hydrogen-bond acceptors (Lipinski definition) is 3. The minimum Gasteiger partial charge on any atom is -0.433 e. The SMILES string of the molecule is Cn1nccc1C(=O)Nc1ccc(OC(F)F)c(Cl)c1. The zero-order valence-corrected chi connectivity index (χ0v) is 11.1. The zero-order valence-electron chi connectivity index (χ0n) is 10.3. The molecule has 20 heavy (non-hydrogen) atoms. The standard InChI is InChI=1S/C12H10ClF2N3O2/c1-18-9(4-5-16-18)11(19)17-7-2-3-10(8(13)6-7)20-12(14)15/h2-6,12H,1H3,(H,17,19). The normalized spacial score (nSPS) is 10.7. The van der Waals surface area contributed by atoms with Gasteiger partial charge in [-0.1, -0.05) is 11.6 Å². The maximum Gasteiger partial charge on any atom is 0.387 e. The van der Waals surface area contributed by atoms with Crippen LogP contribution in [0.1, 0.15) is 10.5 Å². The highest BCUT2D eigenvalue weighted by atomic mass is 35.5. The topological polar surface area (TPSA) is 56.2 Å². The Morgan fingerprint density at radius 2 is 2.20 bits per heavy atom.